The Hall–Kier alpha value is -0.950. The molecular formula is C12H20N2O4S. The second kappa shape index (κ2) is 5.58. The van der Waals surface area contributed by atoms with Gasteiger partial charge >= 0.3 is 0 Å². The van der Waals surface area contributed by atoms with Crippen molar-refractivity contribution in [3.8, 4) is 0 Å². The smallest absolute Gasteiger partial charge is 0.244 e. The van der Waals surface area contributed by atoms with Crippen LogP contribution in [0.4, 0.5) is 0 Å². The molecule has 1 saturated heterocycles. The molecule has 108 valence electrons. The van der Waals surface area contributed by atoms with E-state index in [1.54, 1.807) is 0 Å². The summed E-state index contributed by atoms with van der Waals surface area (Å²) in [4.78, 5) is 22.8. The summed E-state index contributed by atoms with van der Waals surface area (Å²) in [5.41, 5.74) is 0. The van der Waals surface area contributed by atoms with Gasteiger partial charge in [-0.2, -0.15) is 4.31 Å². The molecule has 7 heteroatoms. The Morgan fingerprint density at radius 2 is 1.84 bits per heavy atom. The maximum Gasteiger partial charge on any atom is 0.244 e. The van der Waals surface area contributed by atoms with Crippen LogP contribution in [0.25, 0.3) is 0 Å². The number of hydrogen-bond acceptors (Lipinski definition) is 4. The van der Waals surface area contributed by atoms with Gasteiger partial charge in [-0.15, -0.1) is 0 Å². The number of carbonyl (C=O) groups excluding carboxylic acids is 2. The van der Waals surface area contributed by atoms with E-state index in [0.717, 1.165) is 36.4 Å². The largest absolute Gasteiger partial charge is 0.294 e. The van der Waals surface area contributed by atoms with Crippen LogP contribution < -0.4 is 5.32 Å². The predicted octanol–water partition coefficient (Wildman–Crippen LogP) is 0.243. The van der Waals surface area contributed by atoms with E-state index in [4.69, 9.17) is 0 Å². The molecule has 1 heterocycles. The third kappa shape index (κ3) is 3.33. The molecule has 2 rings (SSSR count). The minimum atomic E-state index is -3.55. The van der Waals surface area contributed by atoms with Crippen molar-refractivity contribution in [3.05, 3.63) is 0 Å². The summed E-state index contributed by atoms with van der Waals surface area (Å²) in [6.07, 6.45) is 5.13. The molecule has 1 unspecified atom stereocenters. The van der Waals surface area contributed by atoms with Gasteiger partial charge in [-0.25, -0.2) is 8.42 Å². The average molecular weight is 288 g/mol. The van der Waals surface area contributed by atoms with Gasteiger partial charge in [0.15, 0.2) is 0 Å². The Morgan fingerprint density at radius 3 is 2.47 bits per heavy atom. The van der Waals surface area contributed by atoms with Gasteiger partial charge in [0.2, 0.25) is 21.8 Å². The SMILES string of the molecule is CC1C(=O)NC(=O)CN1S(=O)(=O)CC1CCCCC1. The lowest BCUT2D eigenvalue weighted by atomic mass is 9.91. The highest BCUT2D eigenvalue weighted by atomic mass is 32.2. The van der Waals surface area contributed by atoms with Gasteiger partial charge in [0.25, 0.3) is 0 Å². The summed E-state index contributed by atoms with van der Waals surface area (Å²) in [5, 5.41) is 2.15. The Bertz CT molecular complexity index is 468. The van der Waals surface area contributed by atoms with E-state index < -0.39 is 27.9 Å². The van der Waals surface area contributed by atoms with E-state index in [2.05, 4.69) is 5.32 Å². The highest BCUT2D eigenvalue weighted by Gasteiger charge is 2.39. The number of nitrogens with one attached hydrogen (secondary N) is 1. The average Bonchev–Trinajstić information content (AvgIpc) is 2.34. The van der Waals surface area contributed by atoms with Gasteiger partial charge in [-0.1, -0.05) is 19.3 Å². The first kappa shape index (κ1) is 14.5. The molecular weight excluding hydrogens is 268 g/mol. The first-order valence-electron chi connectivity index (χ1n) is 6.73. The molecule has 0 spiro atoms. The lowest BCUT2D eigenvalue weighted by Crippen LogP contribution is -2.59. The number of amides is 2. The summed E-state index contributed by atoms with van der Waals surface area (Å²) in [6.45, 7) is 1.27. The van der Waals surface area contributed by atoms with Crippen molar-refractivity contribution in [2.24, 2.45) is 5.92 Å². The maximum absolute atomic E-state index is 12.3. The number of rotatable bonds is 3. The monoisotopic (exact) mass is 288 g/mol. The van der Waals surface area contributed by atoms with Crippen molar-refractivity contribution >= 4 is 21.8 Å². The van der Waals surface area contributed by atoms with Gasteiger partial charge in [-0.05, 0) is 25.7 Å². The molecule has 0 radical (unpaired) electrons. The fourth-order valence-corrected chi connectivity index (χ4v) is 4.79. The van der Waals surface area contributed by atoms with Crippen molar-refractivity contribution in [1.29, 1.82) is 0 Å². The summed E-state index contributed by atoms with van der Waals surface area (Å²) in [6, 6.07) is -0.800. The van der Waals surface area contributed by atoms with Crippen molar-refractivity contribution in [2.45, 2.75) is 45.1 Å². The molecule has 2 aliphatic rings. The standard InChI is InChI=1S/C12H20N2O4S/c1-9-12(16)13-11(15)7-14(9)19(17,18)8-10-5-3-2-4-6-10/h9-10H,2-8H2,1H3,(H,13,15,16). The van der Waals surface area contributed by atoms with E-state index in [1.807, 2.05) is 0 Å². The second-order valence-electron chi connectivity index (χ2n) is 5.42. The number of hydrogen-bond donors (Lipinski definition) is 1. The normalized spacial score (nSPS) is 27.3. The Labute approximate surface area is 113 Å². The number of piperazine rings is 1. The zero-order valence-electron chi connectivity index (χ0n) is 11.1. The summed E-state index contributed by atoms with van der Waals surface area (Å²) in [7, 11) is -3.55. The lowest BCUT2D eigenvalue weighted by molar-refractivity contribution is -0.136. The quantitative estimate of drug-likeness (QED) is 0.754. The maximum atomic E-state index is 12.3. The Kier molecular flexibility index (Phi) is 4.25. The minimum Gasteiger partial charge on any atom is -0.294 e. The van der Waals surface area contributed by atoms with Gasteiger partial charge < -0.3 is 0 Å². The van der Waals surface area contributed by atoms with Gasteiger partial charge in [0.05, 0.1) is 12.3 Å². The van der Waals surface area contributed by atoms with Crippen molar-refractivity contribution in [2.75, 3.05) is 12.3 Å². The molecule has 19 heavy (non-hydrogen) atoms. The Morgan fingerprint density at radius 1 is 1.21 bits per heavy atom. The fourth-order valence-electron chi connectivity index (χ4n) is 2.78. The lowest BCUT2D eigenvalue weighted by Gasteiger charge is -2.32. The fraction of sp³-hybridized carbons (Fsp3) is 0.833. The van der Waals surface area contributed by atoms with Crippen LogP contribution in [0.1, 0.15) is 39.0 Å². The van der Waals surface area contributed by atoms with Crippen molar-refractivity contribution in [1.82, 2.24) is 9.62 Å². The van der Waals surface area contributed by atoms with E-state index >= 15 is 0 Å². The predicted molar refractivity (Wildman–Crippen MR) is 69.7 cm³/mol. The van der Waals surface area contributed by atoms with Gasteiger partial charge in [0, 0.05) is 0 Å². The van der Waals surface area contributed by atoms with Crippen LogP contribution in [0.15, 0.2) is 0 Å². The molecule has 0 bridgehead atoms. The van der Waals surface area contributed by atoms with Crippen molar-refractivity contribution < 1.29 is 18.0 Å². The van der Waals surface area contributed by atoms with Crippen LogP contribution in [0.2, 0.25) is 0 Å². The van der Waals surface area contributed by atoms with Crippen LogP contribution in [0.5, 0.6) is 0 Å². The first-order chi connectivity index (χ1) is 8.90. The molecule has 2 fully saturated rings. The van der Waals surface area contributed by atoms with Crippen LogP contribution in [-0.4, -0.2) is 42.9 Å². The summed E-state index contributed by atoms with van der Waals surface area (Å²) in [5.74, 6) is -0.873. The molecule has 0 aromatic rings. The highest BCUT2D eigenvalue weighted by Crippen LogP contribution is 2.26. The van der Waals surface area contributed by atoms with Gasteiger partial charge in [0.1, 0.15) is 6.04 Å². The third-order valence-corrected chi connectivity index (χ3v) is 5.95. The van der Waals surface area contributed by atoms with E-state index in [0.29, 0.717) is 0 Å². The number of carbonyl (C=O) groups is 2. The molecule has 0 aromatic carbocycles. The number of imide groups is 1. The molecule has 1 aliphatic carbocycles. The Balaban J connectivity index is 2.09. The number of sulfonamides is 1. The second-order valence-corrected chi connectivity index (χ2v) is 7.38. The first-order valence-corrected chi connectivity index (χ1v) is 8.34. The zero-order valence-corrected chi connectivity index (χ0v) is 11.9. The molecule has 0 aromatic heterocycles. The molecule has 2 amide bonds. The van der Waals surface area contributed by atoms with Crippen LogP contribution in [-0.2, 0) is 19.6 Å². The van der Waals surface area contributed by atoms with Crippen molar-refractivity contribution in [3.63, 3.8) is 0 Å². The van der Waals surface area contributed by atoms with Gasteiger partial charge in [-0.3, -0.25) is 14.9 Å². The molecule has 6 nitrogen and oxygen atoms in total. The molecule has 1 atom stereocenters. The van der Waals surface area contributed by atoms with Crippen LogP contribution in [0.3, 0.4) is 0 Å². The third-order valence-electron chi connectivity index (χ3n) is 3.90. The van der Waals surface area contributed by atoms with E-state index in [-0.39, 0.29) is 18.2 Å². The summed E-state index contributed by atoms with van der Waals surface area (Å²) >= 11 is 0. The van der Waals surface area contributed by atoms with E-state index in [1.165, 1.54) is 6.92 Å². The molecule has 1 N–H and O–H groups in total. The highest BCUT2D eigenvalue weighted by molar-refractivity contribution is 7.89. The minimum absolute atomic E-state index is 0.0535. The summed E-state index contributed by atoms with van der Waals surface area (Å²) < 4.78 is 25.7. The van der Waals surface area contributed by atoms with Crippen LogP contribution >= 0.6 is 0 Å². The molecule has 1 saturated carbocycles. The van der Waals surface area contributed by atoms with Crippen LogP contribution in [0, 0.1) is 5.92 Å². The van der Waals surface area contributed by atoms with E-state index in [9.17, 15) is 18.0 Å². The topological polar surface area (TPSA) is 83.6 Å². The molecule has 1 aliphatic heterocycles. The number of nitrogens with zero attached hydrogens (tertiary/aromatic N) is 1. The zero-order chi connectivity index (χ0) is 14.0.